The summed E-state index contributed by atoms with van der Waals surface area (Å²) in [4.78, 5) is 0.137. The molecule has 0 saturated carbocycles. The van der Waals surface area contributed by atoms with E-state index >= 15 is 0 Å². The maximum atomic E-state index is 13.7. The lowest BCUT2D eigenvalue weighted by atomic mass is 9.94. The van der Waals surface area contributed by atoms with Crippen LogP contribution in [0.3, 0.4) is 0 Å². The molecule has 0 fully saturated rings. The Hall–Kier alpha value is -2.94. The molecular weight excluding hydrogens is 478 g/mol. The summed E-state index contributed by atoms with van der Waals surface area (Å²) in [5, 5.41) is 0.357. The van der Waals surface area contributed by atoms with Gasteiger partial charge in [0.15, 0.2) is 11.5 Å². The number of rotatable bonds is 8. The molecule has 1 heterocycles. The van der Waals surface area contributed by atoms with Crippen molar-refractivity contribution < 1.29 is 27.4 Å². The maximum absolute atomic E-state index is 13.7. The topological polar surface area (TPSA) is 74.3 Å². The molecule has 3 aromatic carbocycles. The van der Waals surface area contributed by atoms with Crippen molar-refractivity contribution in [3.05, 3.63) is 76.8 Å². The van der Waals surface area contributed by atoms with Crippen LogP contribution >= 0.6 is 11.6 Å². The third-order valence-corrected chi connectivity index (χ3v) is 7.96. The summed E-state index contributed by atoms with van der Waals surface area (Å²) in [7, 11) is 0.871. The first-order chi connectivity index (χ1) is 16.4. The summed E-state index contributed by atoms with van der Waals surface area (Å²) >= 11 is 6.10. The fourth-order valence-corrected chi connectivity index (χ4v) is 5.97. The molecule has 3 aromatic rings. The number of fused-ring (bicyclic) bond motifs is 1. The molecule has 0 radical (unpaired) electrons. The Bertz CT molecular complexity index is 1260. The fourth-order valence-electron chi connectivity index (χ4n) is 4.08. The zero-order chi connectivity index (χ0) is 24.3. The van der Waals surface area contributed by atoms with Crippen LogP contribution in [0.15, 0.2) is 65.6 Å². The van der Waals surface area contributed by atoms with E-state index in [1.807, 2.05) is 12.1 Å². The first-order valence-electron chi connectivity index (χ1n) is 10.7. The number of hydrogen-bond acceptors (Lipinski definition) is 6. The highest BCUT2D eigenvalue weighted by molar-refractivity contribution is 7.89. The normalized spacial score (nSPS) is 15.9. The Balaban J connectivity index is 1.74. The summed E-state index contributed by atoms with van der Waals surface area (Å²) in [6.07, 6.45) is 0.522. The van der Waals surface area contributed by atoms with Gasteiger partial charge in [-0.15, -0.1) is 0 Å². The summed E-state index contributed by atoms with van der Waals surface area (Å²) in [5.41, 5.74) is 1.79. The molecule has 1 aliphatic heterocycles. The number of ether oxygens (including phenoxy) is 4. The number of hydrogen-bond donors (Lipinski definition) is 0. The molecule has 1 aliphatic rings. The van der Waals surface area contributed by atoms with Crippen LogP contribution in [0.1, 0.15) is 17.2 Å². The van der Waals surface area contributed by atoms with Crippen molar-refractivity contribution in [2.24, 2.45) is 0 Å². The smallest absolute Gasteiger partial charge is 0.243 e. The number of nitrogens with zero attached hydrogens (tertiary/aromatic N) is 1. The third-order valence-electron chi connectivity index (χ3n) is 5.82. The predicted octanol–water partition coefficient (Wildman–Crippen LogP) is 4.73. The molecule has 9 heteroatoms. The van der Waals surface area contributed by atoms with Crippen LogP contribution in [-0.2, 0) is 16.4 Å². The minimum atomic E-state index is -3.85. The molecule has 7 nitrogen and oxygen atoms in total. The maximum Gasteiger partial charge on any atom is 0.243 e. The predicted molar refractivity (Wildman–Crippen MR) is 130 cm³/mol. The molecule has 1 atom stereocenters. The first-order valence-corrected chi connectivity index (χ1v) is 12.5. The van der Waals surface area contributed by atoms with Crippen molar-refractivity contribution in [1.29, 1.82) is 0 Å². The fraction of sp³-hybridized carbons (Fsp3) is 0.280. The quantitative estimate of drug-likeness (QED) is 0.442. The minimum absolute atomic E-state index is 0.106. The second kappa shape index (κ2) is 10.1. The number of methoxy groups -OCH3 is 3. The van der Waals surface area contributed by atoms with Crippen molar-refractivity contribution in [3.8, 4) is 23.0 Å². The first kappa shape index (κ1) is 24.2. The van der Waals surface area contributed by atoms with Gasteiger partial charge in [-0.25, -0.2) is 8.42 Å². The zero-order valence-corrected chi connectivity index (χ0v) is 20.7. The molecule has 180 valence electrons. The van der Waals surface area contributed by atoms with Crippen molar-refractivity contribution in [3.63, 3.8) is 0 Å². The number of sulfonamides is 1. The van der Waals surface area contributed by atoms with E-state index in [2.05, 4.69) is 0 Å². The van der Waals surface area contributed by atoms with E-state index in [9.17, 15) is 8.42 Å². The van der Waals surface area contributed by atoms with Gasteiger partial charge in [-0.05, 0) is 72.1 Å². The van der Waals surface area contributed by atoms with Crippen LogP contribution in [-0.4, -0.2) is 47.2 Å². The zero-order valence-electron chi connectivity index (χ0n) is 19.2. The van der Waals surface area contributed by atoms with Gasteiger partial charge in [-0.1, -0.05) is 17.7 Å². The molecule has 0 aromatic heterocycles. The van der Waals surface area contributed by atoms with E-state index in [1.54, 1.807) is 63.8 Å². The summed E-state index contributed by atoms with van der Waals surface area (Å²) < 4.78 is 51.0. The number of halogens is 1. The second-order valence-electron chi connectivity index (χ2n) is 7.73. The molecular formula is C25H26ClNO6S. The van der Waals surface area contributed by atoms with Gasteiger partial charge in [0.25, 0.3) is 0 Å². The van der Waals surface area contributed by atoms with E-state index in [4.69, 9.17) is 30.5 Å². The molecule has 4 rings (SSSR count). The summed E-state index contributed by atoms with van der Waals surface area (Å²) in [5.74, 6) is 2.44. The molecule has 0 saturated heterocycles. The lowest BCUT2D eigenvalue weighted by Crippen LogP contribution is -2.42. The Labute approximate surface area is 204 Å². The van der Waals surface area contributed by atoms with E-state index in [0.717, 1.165) is 11.1 Å². The molecule has 0 N–H and O–H groups in total. The van der Waals surface area contributed by atoms with E-state index in [1.165, 1.54) is 10.4 Å². The van der Waals surface area contributed by atoms with Gasteiger partial charge >= 0.3 is 0 Å². The van der Waals surface area contributed by atoms with Gasteiger partial charge in [0, 0.05) is 11.6 Å². The molecule has 0 amide bonds. The Morgan fingerprint density at radius 2 is 1.59 bits per heavy atom. The highest BCUT2D eigenvalue weighted by atomic mass is 35.5. The third kappa shape index (κ3) is 4.80. The van der Waals surface area contributed by atoms with E-state index in [0.29, 0.717) is 34.4 Å². The van der Waals surface area contributed by atoms with Crippen LogP contribution in [0, 0.1) is 0 Å². The minimum Gasteiger partial charge on any atom is -0.497 e. The monoisotopic (exact) mass is 503 g/mol. The SMILES string of the molecule is COc1ccc(OC[C@H]2c3cc(OC)c(OC)cc3CCN2S(=O)(=O)c2cccc(Cl)c2)cc1. The average molecular weight is 504 g/mol. The van der Waals surface area contributed by atoms with Crippen molar-refractivity contribution >= 4 is 21.6 Å². The second-order valence-corrected chi connectivity index (χ2v) is 10.1. The standard InChI is InChI=1S/C25H26ClNO6S/c1-30-19-7-9-20(10-8-19)33-16-23-22-15-25(32-3)24(31-2)13-17(22)11-12-27(23)34(28,29)21-6-4-5-18(26)14-21/h4-10,13-15,23H,11-12,16H2,1-3H3/t23-/m0/s1. The largest absolute Gasteiger partial charge is 0.497 e. The van der Waals surface area contributed by atoms with Crippen molar-refractivity contribution in [2.45, 2.75) is 17.4 Å². The number of benzene rings is 3. The molecule has 0 bridgehead atoms. The van der Waals surface area contributed by atoms with Crippen LogP contribution in [0.4, 0.5) is 0 Å². The average Bonchev–Trinajstić information content (AvgIpc) is 2.86. The van der Waals surface area contributed by atoms with Gasteiger partial charge in [0.1, 0.15) is 18.1 Å². The van der Waals surface area contributed by atoms with Gasteiger partial charge in [-0.2, -0.15) is 4.31 Å². The highest BCUT2D eigenvalue weighted by Gasteiger charge is 2.38. The summed E-state index contributed by atoms with van der Waals surface area (Å²) in [6, 6.07) is 16.6. The summed E-state index contributed by atoms with van der Waals surface area (Å²) in [6.45, 7) is 0.391. The van der Waals surface area contributed by atoms with Crippen LogP contribution in [0.2, 0.25) is 5.02 Å². The Morgan fingerprint density at radius 1 is 0.912 bits per heavy atom. The van der Waals surface area contributed by atoms with E-state index in [-0.39, 0.29) is 18.0 Å². The van der Waals surface area contributed by atoms with Gasteiger partial charge in [-0.3, -0.25) is 0 Å². The van der Waals surface area contributed by atoms with Gasteiger partial charge in [0.2, 0.25) is 10.0 Å². The van der Waals surface area contributed by atoms with Crippen LogP contribution in [0.5, 0.6) is 23.0 Å². The van der Waals surface area contributed by atoms with Crippen molar-refractivity contribution in [1.82, 2.24) is 4.31 Å². The van der Waals surface area contributed by atoms with E-state index < -0.39 is 16.1 Å². The van der Waals surface area contributed by atoms with Crippen molar-refractivity contribution in [2.75, 3.05) is 34.5 Å². The Kier molecular flexibility index (Phi) is 7.21. The lowest BCUT2D eigenvalue weighted by Gasteiger charge is -2.36. The highest BCUT2D eigenvalue weighted by Crippen LogP contribution is 2.40. The Morgan fingerprint density at radius 3 is 2.24 bits per heavy atom. The molecule has 0 unspecified atom stereocenters. The van der Waals surface area contributed by atoms with Gasteiger partial charge in [0.05, 0.1) is 32.3 Å². The van der Waals surface area contributed by atoms with Gasteiger partial charge < -0.3 is 18.9 Å². The molecule has 0 spiro atoms. The lowest BCUT2D eigenvalue weighted by molar-refractivity contribution is 0.196. The molecule has 0 aliphatic carbocycles. The van der Waals surface area contributed by atoms with Crippen LogP contribution < -0.4 is 18.9 Å². The van der Waals surface area contributed by atoms with Crippen LogP contribution in [0.25, 0.3) is 0 Å². The molecule has 34 heavy (non-hydrogen) atoms.